The van der Waals surface area contributed by atoms with Gasteiger partial charge in [0.15, 0.2) is 0 Å². The van der Waals surface area contributed by atoms with E-state index in [4.69, 9.17) is 5.73 Å². The minimum atomic E-state index is -0.548. The summed E-state index contributed by atoms with van der Waals surface area (Å²) in [5.74, 6) is 0.421. The summed E-state index contributed by atoms with van der Waals surface area (Å²) < 4.78 is 0. The zero-order valence-corrected chi connectivity index (χ0v) is 11.6. The van der Waals surface area contributed by atoms with Crippen molar-refractivity contribution >= 4 is 5.91 Å². The van der Waals surface area contributed by atoms with Gasteiger partial charge in [0, 0.05) is 32.7 Å². The molecule has 3 N–H and O–H groups in total. The minimum absolute atomic E-state index is 0.120. The first kappa shape index (κ1) is 13.4. The number of phenols is 1. The molecule has 3 rings (SSSR count). The van der Waals surface area contributed by atoms with Crippen LogP contribution in [0.15, 0.2) is 24.3 Å². The van der Waals surface area contributed by atoms with Gasteiger partial charge in [-0.15, -0.1) is 0 Å². The summed E-state index contributed by atoms with van der Waals surface area (Å²) in [6.45, 7) is 4.02. The second kappa shape index (κ2) is 5.07. The summed E-state index contributed by atoms with van der Waals surface area (Å²) in [6, 6.07) is 7.33. The van der Waals surface area contributed by atoms with Gasteiger partial charge in [0.05, 0.1) is 5.54 Å². The van der Waals surface area contributed by atoms with Crippen molar-refractivity contribution < 1.29 is 9.90 Å². The molecule has 5 nitrogen and oxygen atoms in total. The van der Waals surface area contributed by atoms with E-state index in [2.05, 4.69) is 4.90 Å². The van der Waals surface area contributed by atoms with Gasteiger partial charge in [0.1, 0.15) is 5.75 Å². The van der Waals surface area contributed by atoms with Crippen LogP contribution in [0.25, 0.3) is 0 Å². The Bertz CT molecular complexity index is 506. The molecule has 20 heavy (non-hydrogen) atoms. The third-order valence-electron chi connectivity index (χ3n) is 4.19. The number of nitrogens with zero attached hydrogens (tertiary/aromatic N) is 2. The highest BCUT2D eigenvalue weighted by Crippen LogP contribution is 2.34. The fourth-order valence-electron chi connectivity index (χ4n) is 2.69. The molecule has 1 saturated carbocycles. The van der Waals surface area contributed by atoms with Crippen molar-refractivity contribution in [1.29, 1.82) is 0 Å². The molecule has 108 valence electrons. The maximum atomic E-state index is 12.1. The van der Waals surface area contributed by atoms with E-state index in [1.807, 2.05) is 17.0 Å². The Morgan fingerprint density at radius 2 is 1.95 bits per heavy atom. The molecule has 1 heterocycles. The maximum absolute atomic E-state index is 12.1. The summed E-state index contributed by atoms with van der Waals surface area (Å²) >= 11 is 0. The summed E-state index contributed by atoms with van der Waals surface area (Å²) in [5, 5.41) is 9.47. The van der Waals surface area contributed by atoms with Gasteiger partial charge >= 0.3 is 0 Å². The van der Waals surface area contributed by atoms with Crippen LogP contribution in [0, 0.1) is 0 Å². The van der Waals surface area contributed by atoms with E-state index in [0.717, 1.165) is 51.1 Å². The molecular weight excluding hydrogens is 254 g/mol. The van der Waals surface area contributed by atoms with Gasteiger partial charge in [0.2, 0.25) is 5.91 Å². The minimum Gasteiger partial charge on any atom is -0.508 e. The van der Waals surface area contributed by atoms with Gasteiger partial charge in [-0.05, 0) is 30.5 Å². The van der Waals surface area contributed by atoms with Crippen molar-refractivity contribution in [3.8, 4) is 5.75 Å². The van der Waals surface area contributed by atoms with Crippen molar-refractivity contribution in [1.82, 2.24) is 9.80 Å². The Labute approximate surface area is 119 Å². The van der Waals surface area contributed by atoms with Gasteiger partial charge < -0.3 is 15.7 Å². The Morgan fingerprint density at radius 3 is 2.55 bits per heavy atom. The van der Waals surface area contributed by atoms with E-state index < -0.39 is 5.54 Å². The molecular formula is C15H21N3O2. The van der Waals surface area contributed by atoms with E-state index >= 15 is 0 Å². The number of hydrogen-bond donors (Lipinski definition) is 2. The van der Waals surface area contributed by atoms with E-state index in [0.29, 0.717) is 5.75 Å². The van der Waals surface area contributed by atoms with E-state index in [-0.39, 0.29) is 5.91 Å². The summed E-state index contributed by atoms with van der Waals surface area (Å²) in [5.41, 5.74) is 6.51. The molecule has 0 bridgehead atoms. The zero-order chi connectivity index (χ0) is 14.2. The molecule has 0 radical (unpaired) electrons. The fourth-order valence-corrected chi connectivity index (χ4v) is 2.69. The van der Waals surface area contributed by atoms with E-state index in [1.54, 1.807) is 12.1 Å². The largest absolute Gasteiger partial charge is 0.508 e. The first-order valence-electron chi connectivity index (χ1n) is 7.15. The molecule has 2 fully saturated rings. The normalized spacial score (nSPS) is 21.8. The molecule has 1 aliphatic heterocycles. The molecule has 0 atom stereocenters. The lowest BCUT2D eigenvalue weighted by atomic mass is 10.1. The summed E-state index contributed by atoms with van der Waals surface area (Å²) in [7, 11) is 0. The lowest BCUT2D eigenvalue weighted by Gasteiger charge is -2.36. The molecule has 1 aromatic carbocycles. The molecule has 5 heteroatoms. The summed E-state index contributed by atoms with van der Waals surface area (Å²) in [4.78, 5) is 16.3. The highest BCUT2D eigenvalue weighted by atomic mass is 16.3. The Hall–Kier alpha value is -1.59. The summed E-state index contributed by atoms with van der Waals surface area (Å²) in [6.07, 6.45) is 1.66. The third-order valence-corrected chi connectivity index (χ3v) is 4.19. The number of carbonyl (C=O) groups excluding carboxylic acids is 1. The van der Waals surface area contributed by atoms with Gasteiger partial charge in [-0.1, -0.05) is 12.1 Å². The highest BCUT2D eigenvalue weighted by Gasteiger charge is 2.48. The van der Waals surface area contributed by atoms with Crippen molar-refractivity contribution in [2.75, 3.05) is 26.2 Å². The van der Waals surface area contributed by atoms with E-state index in [1.165, 1.54) is 0 Å². The van der Waals surface area contributed by atoms with Crippen LogP contribution < -0.4 is 5.73 Å². The number of amides is 1. The van der Waals surface area contributed by atoms with Crippen molar-refractivity contribution in [2.24, 2.45) is 5.73 Å². The Morgan fingerprint density at radius 1 is 1.25 bits per heavy atom. The molecule has 2 aliphatic rings. The van der Waals surface area contributed by atoms with Gasteiger partial charge in [-0.25, -0.2) is 0 Å². The number of piperazine rings is 1. The lowest BCUT2D eigenvalue weighted by molar-refractivity contribution is -0.135. The molecule has 1 aromatic rings. The zero-order valence-electron chi connectivity index (χ0n) is 11.6. The van der Waals surface area contributed by atoms with Crippen LogP contribution in [0.4, 0.5) is 0 Å². The first-order chi connectivity index (χ1) is 9.57. The van der Waals surface area contributed by atoms with Gasteiger partial charge in [-0.3, -0.25) is 9.69 Å². The second-order valence-corrected chi connectivity index (χ2v) is 5.89. The quantitative estimate of drug-likeness (QED) is 0.844. The lowest BCUT2D eigenvalue weighted by Crippen LogP contribution is -2.53. The van der Waals surface area contributed by atoms with Crippen LogP contribution in [-0.2, 0) is 11.3 Å². The van der Waals surface area contributed by atoms with Gasteiger partial charge in [0.25, 0.3) is 0 Å². The predicted octanol–water partition coefficient (Wildman–Crippen LogP) is 0.528. The van der Waals surface area contributed by atoms with Crippen LogP contribution in [0.3, 0.4) is 0 Å². The Kier molecular flexibility index (Phi) is 3.40. The average Bonchev–Trinajstić information content (AvgIpc) is 3.18. The molecule has 1 amide bonds. The van der Waals surface area contributed by atoms with Crippen molar-refractivity contribution in [2.45, 2.75) is 24.9 Å². The van der Waals surface area contributed by atoms with Gasteiger partial charge in [-0.2, -0.15) is 0 Å². The average molecular weight is 275 g/mol. The third kappa shape index (κ3) is 2.78. The first-order valence-corrected chi connectivity index (χ1v) is 7.15. The predicted molar refractivity (Wildman–Crippen MR) is 76.1 cm³/mol. The number of nitrogens with two attached hydrogens (primary N) is 1. The SMILES string of the molecule is NC1(C(=O)N2CCN(Cc3cccc(O)c3)CC2)CC1. The van der Waals surface area contributed by atoms with E-state index in [9.17, 15) is 9.90 Å². The fraction of sp³-hybridized carbons (Fsp3) is 0.533. The number of rotatable bonds is 3. The maximum Gasteiger partial charge on any atom is 0.242 e. The number of hydrogen-bond acceptors (Lipinski definition) is 4. The molecule has 0 spiro atoms. The number of aromatic hydroxyl groups is 1. The molecule has 0 unspecified atom stereocenters. The Balaban J connectivity index is 1.52. The second-order valence-electron chi connectivity index (χ2n) is 5.89. The topological polar surface area (TPSA) is 69.8 Å². The van der Waals surface area contributed by atoms with Crippen molar-refractivity contribution in [3.05, 3.63) is 29.8 Å². The van der Waals surface area contributed by atoms with Crippen LogP contribution >= 0.6 is 0 Å². The standard InChI is InChI=1S/C15H21N3O2/c16-15(4-5-15)14(20)18-8-6-17(7-9-18)11-12-2-1-3-13(19)10-12/h1-3,10,19H,4-9,11,16H2. The van der Waals surface area contributed by atoms with Crippen LogP contribution in [-0.4, -0.2) is 52.5 Å². The van der Waals surface area contributed by atoms with Crippen LogP contribution in [0.5, 0.6) is 5.75 Å². The molecule has 1 aliphatic carbocycles. The van der Waals surface area contributed by atoms with Crippen LogP contribution in [0.2, 0.25) is 0 Å². The molecule has 1 saturated heterocycles. The monoisotopic (exact) mass is 275 g/mol. The van der Waals surface area contributed by atoms with Crippen LogP contribution in [0.1, 0.15) is 18.4 Å². The molecule has 0 aromatic heterocycles. The van der Waals surface area contributed by atoms with Crippen molar-refractivity contribution in [3.63, 3.8) is 0 Å². The highest BCUT2D eigenvalue weighted by molar-refractivity contribution is 5.89. The smallest absolute Gasteiger partial charge is 0.242 e. The number of benzene rings is 1. The number of phenolic OH excluding ortho intramolecular Hbond substituents is 1. The number of carbonyl (C=O) groups is 1.